The van der Waals surface area contributed by atoms with E-state index in [1.807, 2.05) is 42.6 Å². The molecule has 27 heavy (non-hydrogen) atoms. The van der Waals surface area contributed by atoms with Crippen molar-refractivity contribution in [1.82, 2.24) is 10.3 Å². The van der Waals surface area contributed by atoms with Crippen molar-refractivity contribution in [3.63, 3.8) is 0 Å². The molecule has 138 valence electrons. The molecule has 0 radical (unpaired) electrons. The number of aromatic nitrogens is 1. The van der Waals surface area contributed by atoms with Crippen molar-refractivity contribution in [3.05, 3.63) is 76.9 Å². The second-order valence-electron chi connectivity index (χ2n) is 7.20. The van der Waals surface area contributed by atoms with E-state index in [4.69, 9.17) is 11.6 Å². The number of carbonyl (C=O) groups excluding carboxylic acids is 1. The Labute approximate surface area is 163 Å². The van der Waals surface area contributed by atoms with Crippen LogP contribution in [0.4, 0.5) is 0 Å². The first-order chi connectivity index (χ1) is 13.1. The number of hydrogen-bond acceptors (Lipinski definition) is 3. The van der Waals surface area contributed by atoms with Crippen molar-refractivity contribution in [3.8, 4) is 0 Å². The number of nitrogens with one attached hydrogen (secondary N) is 1. The number of pyridine rings is 1. The first-order valence-electron chi connectivity index (χ1n) is 9.15. The molecule has 0 spiro atoms. The first-order valence-corrected chi connectivity index (χ1v) is 9.53. The van der Waals surface area contributed by atoms with Gasteiger partial charge in [-0.1, -0.05) is 41.9 Å². The molecule has 4 nitrogen and oxygen atoms in total. The quantitative estimate of drug-likeness (QED) is 0.701. The number of amides is 1. The number of fused-ring (bicyclic) bond motifs is 1. The summed E-state index contributed by atoms with van der Waals surface area (Å²) in [5, 5.41) is 14.6. The standard InChI is InChI=1S/C22H21ClN2O2/c23-18-6-3-4-14(8-18)9-21(27)25-22(16-11-19(26)12-16)17-10-15-5-1-2-7-20(15)24-13-17/h1-8,10,13,16,19,22,26H,9,11-12H2,(H,25,27)/t16?,19?,22-/m0/s1. The summed E-state index contributed by atoms with van der Waals surface area (Å²) in [6.45, 7) is 0. The van der Waals surface area contributed by atoms with Crippen molar-refractivity contribution < 1.29 is 9.90 Å². The van der Waals surface area contributed by atoms with Gasteiger partial charge in [0.15, 0.2) is 0 Å². The summed E-state index contributed by atoms with van der Waals surface area (Å²) in [6, 6.07) is 17.2. The topological polar surface area (TPSA) is 62.2 Å². The average Bonchev–Trinajstić information content (AvgIpc) is 2.63. The summed E-state index contributed by atoms with van der Waals surface area (Å²) in [5.41, 5.74) is 2.79. The second-order valence-corrected chi connectivity index (χ2v) is 7.63. The molecule has 0 saturated heterocycles. The summed E-state index contributed by atoms with van der Waals surface area (Å²) < 4.78 is 0. The van der Waals surface area contributed by atoms with Gasteiger partial charge in [0.25, 0.3) is 0 Å². The molecule has 0 bridgehead atoms. The second kappa shape index (κ2) is 7.67. The lowest BCUT2D eigenvalue weighted by Gasteiger charge is -2.38. The van der Waals surface area contributed by atoms with Crippen LogP contribution in [-0.2, 0) is 11.2 Å². The SMILES string of the molecule is O=C(Cc1cccc(Cl)c1)N[C@H](c1cnc2ccccc2c1)C1CC(O)C1. The molecule has 1 heterocycles. The summed E-state index contributed by atoms with van der Waals surface area (Å²) in [4.78, 5) is 17.2. The van der Waals surface area contributed by atoms with Crippen LogP contribution in [0.1, 0.15) is 30.0 Å². The minimum atomic E-state index is -0.282. The van der Waals surface area contributed by atoms with Gasteiger partial charge in [0, 0.05) is 16.6 Å². The number of aliphatic hydroxyl groups is 1. The van der Waals surface area contributed by atoms with E-state index < -0.39 is 0 Å². The Bertz CT molecular complexity index is 969. The Hall–Kier alpha value is -2.43. The maximum absolute atomic E-state index is 12.7. The van der Waals surface area contributed by atoms with E-state index in [-0.39, 0.29) is 30.4 Å². The highest BCUT2D eigenvalue weighted by molar-refractivity contribution is 6.30. The number of halogens is 1. The van der Waals surface area contributed by atoms with Crippen LogP contribution in [0.2, 0.25) is 5.02 Å². The molecule has 1 aromatic heterocycles. The van der Waals surface area contributed by atoms with Gasteiger partial charge >= 0.3 is 0 Å². The minimum Gasteiger partial charge on any atom is -0.393 e. The van der Waals surface area contributed by atoms with E-state index in [1.165, 1.54) is 0 Å². The van der Waals surface area contributed by atoms with E-state index >= 15 is 0 Å². The molecule has 1 saturated carbocycles. The van der Waals surface area contributed by atoms with Crippen molar-refractivity contribution in [2.24, 2.45) is 5.92 Å². The lowest BCUT2D eigenvalue weighted by molar-refractivity contribution is -0.122. The van der Waals surface area contributed by atoms with Gasteiger partial charge in [0.05, 0.1) is 24.1 Å². The molecule has 1 fully saturated rings. The predicted molar refractivity (Wildman–Crippen MR) is 107 cm³/mol. The van der Waals surface area contributed by atoms with Gasteiger partial charge in [0.1, 0.15) is 0 Å². The van der Waals surface area contributed by atoms with Crippen LogP contribution in [0.25, 0.3) is 10.9 Å². The summed E-state index contributed by atoms with van der Waals surface area (Å²) >= 11 is 6.02. The van der Waals surface area contributed by atoms with Crippen LogP contribution in [0.15, 0.2) is 60.8 Å². The van der Waals surface area contributed by atoms with Crippen LogP contribution in [-0.4, -0.2) is 22.1 Å². The highest BCUT2D eigenvalue weighted by Crippen LogP contribution is 2.38. The number of aliphatic hydroxyl groups excluding tert-OH is 1. The molecular formula is C22H21ClN2O2. The number of rotatable bonds is 5. The van der Waals surface area contributed by atoms with Gasteiger partial charge in [-0.25, -0.2) is 0 Å². The third-order valence-corrected chi connectivity index (χ3v) is 5.40. The minimum absolute atomic E-state index is 0.0585. The maximum atomic E-state index is 12.7. The predicted octanol–water partition coefficient (Wildman–Crippen LogP) is 4.06. The van der Waals surface area contributed by atoms with Gasteiger partial charge in [-0.05, 0) is 54.2 Å². The molecule has 1 atom stereocenters. The number of carbonyl (C=O) groups is 1. The number of nitrogens with zero attached hydrogens (tertiary/aromatic N) is 1. The molecular weight excluding hydrogens is 360 g/mol. The summed E-state index contributed by atoms with van der Waals surface area (Å²) in [5.74, 6) is 0.156. The van der Waals surface area contributed by atoms with Crippen molar-refractivity contribution in [2.45, 2.75) is 31.4 Å². The molecule has 1 amide bonds. The summed E-state index contributed by atoms with van der Waals surface area (Å²) in [6.07, 6.45) is 3.20. The highest BCUT2D eigenvalue weighted by atomic mass is 35.5. The van der Waals surface area contributed by atoms with Gasteiger partial charge < -0.3 is 10.4 Å². The van der Waals surface area contributed by atoms with Crippen LogP contribution in [0.5, 0.6) is 0 Å². The fraction of sp³-hybridized carbons (Fsp3) is 0.273. The molecule has 4 rings (SSSR count). The van der Waals surface area contributed by atoms with E-state index in [0.29, 0.717) is 17.9 Å². The lowest BCUT2D eigenvalue weighted by Crippen LogP contribution is -2.41. The van der Waals surface area contributed by atoms with Crippen LogP contribution in [0, 0.1) is 5.92 Å². The van der Waals surface area contributed by atoms with Crippen molar-refractivity contribution >= 4 is 28.4 Å². The molecule has 1 aliphatic rings. The first kappa shape index (κ1) is 18.0. The van der Waals surface area contributed by atoms with Gasteiger partial charge in [-0.15, -0.1) is 0 Å². The van der Waals surface area contributed by atoms with Crippen LogP contribution < -0.4 is 5.32 Å². The maximum Gasteiger partial charge on any atom is 0.224 e. The summed E-state index contributed by atoms with van der Waals surface area (Å²) in [7, 11) is 0. The van der Waals surface area contributed by atoms with Crippen molar-refractivity contribution in [2.75, 3.05) is 0 Å². The fourth-order valence-corrected chi connectivity index (χ4v) is 3.90. The van der Waals surface area contributed by atoms with E-state index in [2.05, 4.69) is 16.4 Å². The largest absolute Gasteiger partial charge is 0.393 e. The van der Waals surface area contributed by atoms with Crippen molar-refractivity contribution in [1.29, 1.82) is 0 Å². The molecule has 0 unspecified atom stereocenters. The zero-order valence-corrected chi connectivity index (χ0v) is 15.6. The highest BCUT2D eigenvalue weighted by Gasteiger charge is 2.35. The fourth-order valence-electron chi connectivity index (χ4n) is 3.69. The zero-order valence-electron chi connectivity index (χ0n) is 14.8. The third-order valence-electron chi connectivity index (χ3n) is 5.16. The lowest BCUT2D eigenvalue weighted by atomic mass is 9.75. The monoisotopic (exact) mass is 380 g/mol. The molecule has 3 aromatic rings. The smallest absolute Gasteiger partial charge is 0.224 e. The average molecular weight is 381 g/mol. The Kier molecular flexibility index (Phi) is 5.10. The molecule has 0 aliphatic heterocycles. The number of hydrogen-bond donors (Lipinski definition) is 2. The Morgan fingerprint density at radius 2 is 2.00 bits per heavy atom. The van der Waals surface area contributed by atoms with Gasteiger partial charge in [-0.3, -0.25) is 9.78 Å². The number of benzene rings is 2. The normalized spacial score (nSPS) is 20.1. The van der Waals surface area contributed by atoms with Gasteiger partial charge in [0.2, 0.25) is 5.91 Å². The Balaban J connectivity index is 1.56. The van der Waals surface area contributed by atoms with E-state index in [0.717, 1.165) is 22.0 Å². The zero-order chi connectivity index (χ0) is 18.8. The third kappa shape index (κ3) is 4.12. The Morgan fingerprint density at radius 1 is 1.19 bits per heavy atom. The van der Waals surface area contributed by atoms with Crippen LogP contribution in [0.3, 0.4) is 0 Å². The van der Waals surface area contributed by atoms with Crippen LogP contribution >= 0.6 is 11.6 Å². The van der Waals surface area contributed by atoms with E-state index in [1.54, 1.807) is 12.1 Å². The molecule has 1 aliphatic carbocycles. The van der Waals surface area contributed by atoms with Gasteiger partial charge in [-0.2, -0.15) is 0 Å². The molecule has 2 N–H and O–H groups in total. The van der Waals surface area contributed by atoms with E-state index in [9.17, 15) is 9.90 Å². The Morgan fingerprint density at radius 3 is 2.78 bits per heavy atom. The number of para-hydroxylation sites is 1. The molecule has 2 aromatic carbocycles. The molecule has 5 heteroatoms.